The summed E-state index contributed by atoms with van der Waals surface area (Å²) in [6.07, 6.45) is 0. The molecule has 0 aliphatic rings. The average molecular weight is 302 g/mol. The maximum Gasteiger partial charge on any atom is 0.129 e. The van der Waals surface area contributed by atoms with E-state index < -0.39 is 11.6 Å². The second-order valence-electron chi connectivity index (χ2n) is 5.03. The highest BCUT2D eigenvalue weighted by Crippen LogP contribution is 2.19. The number of hydrogen-bond acceptors (Lipinski definition) is 3. The fourth-order valence-corrected chi connectivity index (χ4v) is 2.19. The minimum absolute atomic E-state index is 0.233. The first-order chi connectivity index (χ1) is 10.5. The van der Waals surface area contributed by atoms with Crippen LogP contribution in [0.15, 0.2) is 36.4 Å². The Hall–Kier alpha value is -2.29. The number of aliphatic hydroxyl groups excluding tert-OH is 1. The first kappa shape index (κ1) is 16.1. The fourth-order valence-electron chi connectivity index (χ4n) is 2.19. The number of halogens is 2. The topological polar surface area (TPSA) is 56.0 Å². The highest BCUT2D eigenvalue weighted by Gasteiger charge is 2.11. The average Bonchev–Trinajstić information content (AvgIpc) is 2.53. The summed E-state index contributed by atoms with van der Waals surface area (Å²) < 4.78 is 27.2. The van der Waals surface area contributed by atoms with Crippen LogP contribution in [0, 0.1) is 23.0 Å². The molecule has 0 radical (unpaired) electrons. The van der Waals surface area contributed by atoms with Crippen molar-refractivity contribution in [1.82, 2.24) is 5.32 Å². The number of nitrogens with one attached hydrogen (secondary N) is 1. The molecular weight excluding hydrogens is 286 g/mol. The van der Waals surface area contributed by atoms with Gasteiger partial charge in [-0.3, -0.25) is 0 Å². The molecule has 0 spiro atoms. The van der Waals surface area contributed by atoms with Crippen molar-refractivity contribution in [2.75, 3.05) is 0 Å². The standard InChI is InChI=1S/C17H16F2N2O/c1-11(15-4-2-12(8-20)7-17(15)19)21-9-13-3-5-16(18)14(6-13)10-22/h2-7,11,21-22H,9-10H2,1H3. The Labute approximate surface area is 127 Å². The molecule has 22 heavy (non-hydrogen) atoms. The zero-order valence-electron chi connectivity index (χ0n) is 12.1. The summed E-state index contributed by atoms with van der Waals surface area (Å²) in [4.78, 5) is 0. The minimum atomic E-state index is -0.447. The molecule has 0 saturated heterocycles. The number of benzene rings is 2. The van der Waals surface area contributed by atoms with E-state index in [1.807, 2.05) is 6.07 Å². The molecule has 2 aromatic rings. The van der Waals surface area contributed by atoms with E-state index in [9.17, 15) is 8.78 Å². The van der Waals surface area contributed by atoms with Crippen molar-refractivity contribution in [3.05, 3.63) is 70.3 Å². The number of hydrogen-bond donors (Lipinski definition) is 2. The molecular formula is C17H16F2N2O. The lowest BCUT2D eigenvalue weighted by Gasteiger charge is -2.15. The summed E-state index contributed by atoms with van der Waals surface area (Å²) >= 11 is 0. The van der Waals surface area contributed by atoms with Crippen LogP contribution < -0.4 is 5.32 Å². The van der Waals surface area contributed by atoms with Gasteiger partial charge in [0.2, 0.25) is 0 Å². The van der Waals surface area contributed by atoms with Gasteiger partial charge in [0.15, 0.2) is 0 Å². The van der Waals surface area contributed by atoms with Gasteiger partial charge in [-0.05, 0) is 36.8 Å². The van der Waals surface area contributed by atoms with Crippen LogP contribution in [-0.4, -0.2) is 5.11 Å². The lowest BCUT2D eigenvalue weighted by Crippen LogP contribution is -2.19. The van der Waals surface area contributed by atoms with Gasteiger partial charge in [0.05, 0.1) is 18.2 Å². The molecule has 1 atom stereocenters. The maximum absolute atomic E-state index is 13.9. The van der Waals surface area contributed by atoms with E-state index in [1.54, 1.807) is 31.2 Å². The summed E-state index contributed by atoms with van der Waals surface area (Å²) in [7, 11) is 0. The Bertz CT molecular complexity index is 710. The van der Waals surface area contributed by atoms with Gasteiger partial charge in [-0.25, -0.2) is 8.78 Å². The van der Waals surface area contributed by atoms with E-state index in [0.29, 0.717) is 12.1 Å². The third kappa shape index (κ3) is 3.67. The zero-order chi connectivity index (χ0) is 16.1. The van der Waals surface area contributed by atoms with Crippen molar-refractivity contribution in [3.63, 3.8) is 0 Å². The van der Waals surface area contributed by atoms with Crippen molar-refractivity contribution >= 4 is 0 Å². The molecule has 0 aliphatic heterocycles. The molecule has 0 saturated carbocycles. The van der Waals surface area contributed by atoms with Crippen LogP contribution in [-0.2, 0) is 13.2 Å². The summed E-state index contributed by atoms with van der Waals surface area (Å²) in [6, 6.07) is 10.5. The quantitative estimate of drug-likeness (QED) is 0.892. The van der Waals surface area contributed by atoms with Crippen molar-refractivity contribution in [3.8, 4) is 6.07 Å². The zero-order valence-corrected chi connectivity index (χ0v) is 12.1. The Balaban J connectivity index is 2.07. The molecule has 114 valence electrons. The molecule has 5 heteroatoms. The molecule has 2 aromatic carbocycles. The van der Waals surface area contributed by atoms with E-state index in [1.165, 1.54) is 12.1 Å². The van der Waals surface area contributed by atoms with Gasteiger partial charge in [-0.2, -0.15) is 5.26 Å². The predicted octanol–water partition coefficient (Wildman–Crippen LogP) is 3.18. The highest BCUT2D eigenvalue weighted by atomic mass is 19.1. The highest BCUT2D eigenvalue weighted by molar-refractivity contribution is 5.34. The monoisotopic (exact) mass is 302 g/mol. The Morgan fingerprint density at radius 3 is 2.59 bits per heavy atom. The lowest BCUT2D eigenvalue weighted by atomic mass is 10.0. The van der Waals surface area contributed by atoms with Crippen LogP contribution in [0.4, 0.5) is 8.78 Å². The van der Waals surface area contributed by atoms with Crippen LogP contribution in [0.5, 0.6) is 0 Å². The first-order valence-corrected chi connectivity index (χ1v) is 6.86. The van der Waals surface area contributed by atoms with Crippen molar-refractivity contribution in [2.24, 2.45) is 0 Å². The number of aliphatic hydroxyl groups is 1. The molecule has 0 fully saturated rings. The Morgan fingerprint density at radius 1 is 1.18 bits per heavy atom. The minimum Gasteiger partial charge on any atom is -0.392 e. The van der Waals surface area contributed by atoms with E-state index in [-0.39, 0.29) is 23.8 Å². The molecule has 0 amide bonds. The van der Waals surface area contributed by atoms with E-state index >= 15 is 0 Å². The molecule has 2 rings (SSSR count). The fraction of sp³-hybridized carbons (Fsp3) is 0.235. The molecule has 0 aromatic heterocycles. The van der Waals surface area contributed by atoms with Crippen LogP contribution >= 0.6 is 0 Å². The van der Waals surface area contributed by atoms with Crippen LogP contribution in [0.3, 0.4) is 0 Å². The SMILES string of the molecule is CC(NCc1ccc(F)c(CO)c1)c1ccc(C#N)cc1F. The maximum atomic E-state index is 13.9. The van der Waals surface area contributed by atoms with Gasteiger partial charge in [-0.15, -0.1) is 0 Å². The van der Waals surface area contributed by atoms with Crippen LogP contribution in [0.1, 0.15) is 35.2 Å². The van der Waals surface area contributed by atoms with Gasteiger partial charge < -0.3 is 10.4 Å². The van der Waals surface area contributed by atoms with E-state index in [4.69, 9.17) is 10.4 Å². The molecule has 1 unspecified atom stereocenters. The van der Waals surface area contributed by atoms with E-state index in [2.05, 4.69) is 5.32 Å². The molecule has 2 N–H and O–H groups in total. The van der Waals surface area contributed by atoms with Crippen molar-refractivity contribution in [1.29, 1.82) is 5.26 Å². The third-order valence-corrected chi connectivity index (χ3v) is 3.49. The number of nitrogens with zero attached hydrogens (tertiary/aromatic N) is 1. The van der Waals surface area contributed by atoms with Crippen LogP contribution in [0.2, 0.25) is 0 Å². The summed E-state index contributed by atoms with van der Waals surface area (Å²) in [6.45, 7) is 1.86. The normalized spacial score (nSPS) is 12.0. The largest absolute Gasteiger partial charge is 0.392 e. The van der Waals surface area contributed by atoms with Gasteiger partial charge in [0.1, 0.15) is 11.6 Å². The first-order valence-electron chi connectivity index (χ1n) is 6.86. The number of rotatable bonds is 5. The third-order valence-electron chi connectivity index (χ3n) is 3.49. The van der Waals surface area contributed by atoms with Crippen molar-refractivity contribution < 1.29 is 13.9 Å². The van der Waals surface area contributed by atoms with Crippen molar-refractivity contribution in [2.45, 2.75) is 26.1 Å². The Morgan fingerprint density at radius 2 is 1.95 bits per heavy atom. The second kappa shape index (κ2) is 7.12. The predicted molar refractivity (Wildman–Crippen MR) is 78.7 cm³/mol. The summed E-state index contributed by atoms with van der Waals surface area (Å²) in [5.41, 5.74) is 1.77. The lowest BCUT2D eigenvalue weighted by molar-refractivity contribution is 0.275. The summed E-state index contributed by atoms with van der Waals surface area (Å²) in [5, 5.41) is 20.9. The van der Waals surface area contributed by atoms with Gasteiger partial charge in [0.25, 0.3) is 0 Å². The van der Waals surface area contributed by atoms with Gasteiger partial charge >= 0.3 is 0 Å². The molecule has 0 aliphatic carbocycles. The van der Waals surface area contributed by atoms with Gasteiger partial charge in [0, 0.05) is 23.7 Å². The summed E-state index contributed by atoms with van der Waals surface area (Å²) in [5.74, 6) is -0.883. The molecule has 3 nitrogen and oxygen atoms in total. The Kier molecular flexibility index (Phi) is 5.21. The van der Waals surface area contributed by atoms with Crippen LogP contribution in [0.25, 0.3) is 0 Å². The second-order valence-corrected chi connectivity index (χ2v) is 5.03. The molecule has 0 heterocycles. The smallest absolute Gasteiger partial charge is 0.129 e. The van der Waals surface area contributed by atoms with Gasteiger partial charge in [-0.1, -0.05) is 12.1 Å². The van der Waals surface area contributed by atoms with E-state index in [0.717, 1.165) is 5.56 Å². The number of nitriles is 1. The molecule has 0 bridgehead atoms.